The zero-order chi connectivity index (χ0) is 22.2. The van der Waals surface area contributed by atoms with Crippen molar-refractivity contribution in [3.05, 3.63) is 94.3 Å². The number of pyridine rings is 1. The maximum Gasteiger partial charge on any atom is 0.153 e. The number of fused-ring (bicyclic) bond motifs is 1. The molecule has 0 amide bonds. The number of rotatable bonds is 4. The molecule has 0 spiro atoms. The van der Waals surface area contributed by atoms with E-state index in [9.17, 15) is 0 Å². The molecule has 5 rings (SSSR count). The molecule has 1 fully saturated rings. The molecule has 0 saturated carbocycles. The fourth-order valence-electron chi connectivity index (χ4n) is 5.26. The molecular formula is C29H34ClN3. The van der Waals surface area contributed by atoms with Crippen molar-refractivity contribution in [3.63, 3.8) is 0 Å². The Balaban J connectivity index is 0.00000259. The van der Waals surface area contributed by atoms with Crippen LogP contribution in [0.1, 0.15) is 52.3 Å². The minimum absolute atomic E-state index is 0. The lowest BCUT2D eigenvalue weighted by atomic mass is 9.90. The number of aryl methyl sites for hydroxylation is 3. The first-order valence-corrected chi connectivity index (χ1v) is 11.8. The van der Waals surface area contributed by atoms with Crippen molar-refractivity contribution < 1.29 is 0 Å². The van der Waals surface area contributed by atoms with Crippen LogP contribution in [0, 0.1) is 27.7 Å². The van der Waals surface area contributed by atoms with Gasteiger partial charge in [-0.25, -0.2) is 4.98 Å². The smallest absolute Gasteiger partial charge is 0.153 e. The summed E-state index contributed by atoms with van der Waals surface area (Å²) in [6.07, 6.45) is 4.45. The van der Waals surface area contributed by atoms with E-state index in [1.807, 2.05) is 6.20 Å². The maximum atomic E-state index is 4.95. The number of nitrogens with zero attached hydrogens (tertiary/aromatic N) is 3. The summed E-state index contributed by atoms with van der Waals surface area (Å²) < 4.78 is 2.49. The lowest BCUT2D eigenvalue weighted by Crippen LogP contribution is -2.35. The van der Waals surface area contributed by atoms with Crippen LogP contribution in [0.25, 0.3) is 10.9 Å². The Morgan fingerprint density at radius 3 is 2.48 bits per heavy atom. The van der Waals surface area contributed by atoms with Crippen LogP contribution in [0.2, 0.25) is 0 Å². The van der Waals surface area contributed by atoms with Crippen molar-refractivity contribution in [1.29, 1.82) is 0 Å². The quantitative estimate of drug-likeness (QED) is 0.323. The van der Waals surface area contributed by atoms with Gasteiger partial charge in [-0.1, -0.05) is 48.5 Å². The minimum Gasteiger partial charge on any atom is -0.354 e. The van der Waals surface area contributed by atoms with Crippen molar-refractivity contribution in [3.8, 4) is 0 Å². The molecule has 33 heavy (non-hydrogen) atoms. The van der Waals surface area contributed by atoms with Gasteiger partial charge >= 0.3 is 0 Å². The zero-order valence-corrected chi connectivity index (χ0v) is 21.0. The van der Waals surface area contributed by atoms with Crippen molar-refractivity contribution in [2.45, 2.75) is 53.0 Å². The van der Waals surface area contributed by atoms with E-state index in [1.165, 1.54) is 57.3 Å². The van der Waals surface area contributed by atoms with Crippen molar-refractivity contribution in [2.24, 2.45) is 0 Å². The summed E-state index contributed by atoms with van der Waals surface area (Å²) >= 11 is 0. The zero-order valence-electron chi connectivity index (χ0n) is 20.1. The number of aromatic nitrogens is 2. The number of hydrogen-bond acceptors (Lipinski definition) is 2. The monoisotopic (exact) mass is 459 g/mol. The molecule has 2 aromatic heterocycles. The molecule has 1 atom stereocenters. The topological polar surface area (TPSA) is 21.1 Å². The van der Waals surface area contributed by atoms with Gasteiger partial charge in [0.05, 0.1) is 5.52 Å². The van der Waals surface area contributed by atoms with Gasteiger partial charge in [0.2, 0.25) is 0 Å². The van der Waals surface area contributed by atoms with Crippen LogP contribution < -0.4 is 4.90 Å². The molecule has 1 aliphatic heterocycles. The Labute approximate surface area is 203 Å². The average Bonchev–Trinajstić information content (AvgIpc) is 3.07. The molecule has 4 heteroatoms. The molecule has 172 valence electrons. The molecular weight excluding hydrogens is 426 g/mol. The molecule has 3 nitrogen and oxygen atoms in total. The molecule has 1 unspecified atom stereocenters. The molecule has 0 radical (unpaired) electrons. The fraction of sp³-hybridized carbons (Fsp3) is 0.345. The van der Waals surface area contributed by atoms with Crippen molar-refractivity contribution in [1.82, 2.24) is 9.55 Å². The van der Waals surface area contributed by atoms with E-state index in [1.54, 1.807) is 0 Å². The van der Waals surface area contributed by atoms with E-state index in [4.69, 9.17) is 4.98 Å². The van der Waals surface area contributed by atoms with Crippen molar-refractivity contribution in [2.75, 3.05) is 18.0 Å². The van der Waals surface area contributed by atoms with Crippen LogP contribution in [-0.2, 0) is 6.54 Å². The Kier molecular flexibility index (Phi) is 6.81. The normalized spacial score (nSPS) is 16.1. The Morgan fingerprint density at radius 1 is 0.939 bits per heavy atom. The summed E-state index contributed by atoms with van der Waals surface area (Å²) in [6.45, 7) is 11.9. The second-order valence-corrected chi connectivity index (χ2v) is 9.44. The van der Waals surface area contributed by atoms with E-state index in [0.717, 1.165) is 25.5 Å². The van der Waals surface area contributed by atoms with Crippen LogP contribution in [0.3, 0.4) is 0 Å². The van der Waals surface area contributed by atoms with Crippen LogP contribution in [0.4, 0.5) is 5.82 Å². The highest BCUT2D eigenvalue weighted by Gasteiger charge is 2.25. The standard InChI is InChI=1S/C29H33N3.ClH/c1-20-12-13-24(17-21(20)2)18-32-23(4)22(3)27-14-15-30-29(28(27)32)31-16-8-11-26(19-31)25-9-6-5-7-10-25;/h5-7,9-10,12-15,17,26H,8,11,16,18-19H2,1-4H3;1H. The van der Waals surface area contributed by atoms with E-state index in [0.29, 0.717) is 5.92 Å². The van der Waals surface area contributed by atoms with E-state index in [2.05, 4.69) is 91.8 Å². The number of hydrogen-bond donors (Lipinski definition) is 0. The number of piperidine rings is 1. The second kappa shape index (κ2) is 9.61. The Bertz CT molecular complexity index is 1260. The molecule has 1 saturated heterocycles. The van der Waals surface area contributed by atoms with Crippen LogP contribution in [0.5, 0.6) is 0 Å². The molecule has 0 N–H and O–H groups in total. The van der Waals surface area contributed by atoms with Crippen molar-refractivity contribution >= 4 is 29.1 Å². The third-order valence-corrected chi connectivity index (χ3v) is 7.43. The lowest BCUT2D eigenvalue weighted by Gasteiger charge is -2.34. The molecule has 2 aromatic carbocycles. The first kappa shape index (κ1) is 23.4. The molecule has 0 aliphatic carbocycles. The Morgan fingerprint density at radius 2 is 1.73 bits per heavy atom. The van der Waals surface area contributed by atoms with E-state index in [-0.39, 0.29) is 12.4 Å². The van der Waals surface area contributed by atoms with Gasteiger partial charge < -0.3 is 9.47 Å². The van der Waals surface area contributed by atoms with Gasteiger partial charge in [-0.15, -0.1) is 12.4 Å². The SMILES string of the molecule is Cc1ccc(Cn2c(C)c(C)c3ccnc(N4CCCC(c5ccccc5)C4)c32)cc1C.Cl. The summed E-state index contributed by atoms with van der Waals surface area (Å²) in [5.41, 5.74) is 9.49. The minimum atomic E-state index is 0. The molecule has 1 aliphatic rings. The third kappa shape index (κ3) is 4.39. The predicted molar refractivity (Wildman–Crippen MR) is 142 cm³/mol. The van der Waals surface area contributed by atoms with Gasteiger partial charge in [0, 0.05) is 42.8 Å². The number of anilines is 1. The van der Waals surface area contributed by atoms with Crippen LogP contribution in [-0.4, -0.2) is 22.6 Å². The first-order valence-electron chi connectivity index (χ1n) is 11.8. The van der Waals surface area contributed by atoms with Gasteiger partial charge in [-0.2, -0.15) is 0 Å². The van der Waals surface area contributed by atoms with Crippen LogP contribution in [0.15, 0.2) is 60.8 Å². The molecule has 0 bridgehead atoms. The largest absolute Gasteiger partial charge is 0.354 e. The molecule has 3 heterocycles. The van der Waals surface area contributed by atoms with Gasteiger partial charge in [-0.05, 0) is 74.4 Å². The van der Waals surface area contributed by atoms with E-state index >= 15 is 0 Å². The summed E-state index contributed by atoms with van der Waals surface area (Å²) in [4.78, 5) is 7.48. The van der Waals surface area contributed by atoms with Gasteiger partial charge in [0.15, 0.2) is 5.82 Å². The number of benzene rings is 2. The lowest BCUT2D eigenvalue weighted by molar-refractivity contribution is 0.507. The summed E-state index contributed by atoms with van der Waals surface area (Å²) in [7, 11) is 0. The summed E-state index contributed by atoms with van der Waals surface area (Å²) in [5, 5.41) is 1.33. The molecule has 4 aromatic rings. The van der Waals surface area contributed by atoms with Crippen LogP contribution >= 0.6 is 12.4 Å². The number of halogens is 1. The van der Waals surface area contributed by atoms with E-state index < -0.39 is 0 Å². The highest BCUT2D eigenvalue weighted by molar-refractivity contribution is 5.93. The maximum absolute atomic E-state index is 4.95. The first-order chi connectivity index (χ1) is 15.5. The highest BCUT2D eigenvalue weighted by atomic mass is 35.5. The summed E-state index contributed by atoms with van der Waals surface area (Å²) in [6, 6.07) is 20.0. The van der Waals surface area contributed by atoms with Gasteiger partial charge in [-0.3, -0.25) is 0 Å². The summed E-state index contributed by atoms with van der Waals surface area (Å²) in [5.74, 6) is 1.70. The third-order valence-electron chi connectivity index (χ3n) is 7.43. The highest BCUT2D eigenvalue weighted by Crippen LogP contribution is 2.36. The fourth-order valence-corrected chi connectivity index (χ4v) is 5.26. The average molecular weight is 460 g/mol. The predicted octanol–water partition coefficient (Wildman–Crippen LogP) is 7.12. The van der Waals surface area contributed by atoms with Gasteiger partial charge in [0.25, 0.3) is 0 Å². The second-order valence-electron chi connectivity index (χ2n) is 9.44. The Hall–Kier alpha value is -2.78. The van der Waals surface area contributed by atoms with Gasteiger partial charge in [0.1, 0.15) is 0 Å².